The second-order valence-electron chi connectivity index (χ2n) is 6.01. The molecule has 1 aromatic carbocycles. The number of carbonyl (C=O) groups excluding carboxylic acids is 1. The summed E-state index contributed by atoms with van der Waals surface area (Å²) in [6.45, 7) is 5.18. The van der Waals surface area contributed by atoms with Gasteiger partial charge in [0, 0.05) is 11.7 Å². The number of rotatable bonds is 6. The summed E-state index contributed by atoms with van der Waals surface area (Å²) in [6.07, 6.45) is 4.01. The summed E-state index contributed by atoms with van der Waals surface area (Å²) in [6, 6.07) is 10.3. The lowest BCUT2D eigenvalue weighted by molar-refractivity contribution is -0.117. The van der Waals surface area contributed by atoms with Crippen molar-refractivity contribution in [3.63, 3.8) is 0 Å². The Morgan fingerprint density at radius 1 is 1.27 bits per heavy atom. The third kappa shape index (κ3) is 3.57. The van der Waals surface area contributed by atoms with Gasteiger partial charge in [-0.1, -0.05) is 12.1 Å². The van der Waals surface area contributed by atoms with Crippen molar-refractivity contribution in [2.24, 2.45) is 0 Å². The molecule has 22 heavy (non-hydrogen) atoms. The van der Waals surface area contributed by atoms with Gasteiger partial charge in [0.05, 0.1) is 19.4 Å². The van der Waals surface area contributed by atoms with Crippen LogP contribution < -0.4 is 5.32 Å². The van der Waals surface area contributed by atoms with Gasteiger partial charge >= 0.3 is 0 Å². The quantitative estimate of drug-likeness (QED) is 0.888. The van der Waals surface area contributed by atoms with Crippen molar-refractivity contribution in [1.82, 2.24) is 4.90 Å². The Hall–Kier alpha value is -2.07. The lowest BCUT2D eigenvalue weighted by Crippen LogP contribution is -2.34. The summed E-state index contributed by atoms with van der Waals surface area (Å²) in [4.78, 5) is 14.6. The largest absolute Gasteiger partial charge is 0.468 e. The normalized spacial score (nSPS) is 14.3. The minimum absolute atomic E-state index is 0.0344. The molecule has 116 valence electrons. The van der Waals surface area contributed by atoms with E-state index in [1.165, 1.54) is 5.56 Å². The van der Waals surface area contributed by atoms with Crippen molar-refractivity contribution in [1.29, 1.82) is 0 Å². The van der Waals surface area contributed by atoms with Gasteiger partial charge in [-0.15, -0.1) is 0 Å². The Kier molecular flexibility index (Phi) is 4.29. The first kappa shape index (κ1) is 14.9. The predicted octanol–water partition coefficient (Wildman–Crippen LogP) is 3.50. The molecule has 1 fully saturated rings. The molecule has 4 nitrogen and oxygen atoms in total. The first-order valence-corrected chi connectivity index (χ1v) is 7.76. The summed E-state index contributed by atoms with van der Waals surface area (Å²) < 4.78 is 5.40. The fraction of sp³-hybridized carbons (Fsp3) is 0.389. The highest BCUT2D eigenvalue weighted by molar-refractivity contribution is 5.93. The van der Waals surface area contributed by atoms with Crippen LogP contribution in [0.25, 0.3) is 0 Å². The molecule has 0 radical (unpaired) electrons. The molecule has 4 heteroatoms. The molecule has 0 unspecified atom stereocenters. The van der Waals surface area contributed by atoms with Crippen LogP contribution in [0.2, 0.25) is 0 Å². The Bertz CT molecular complexity index is 645. The van der Waals surface area contributed by atoms with Gasteiger partial charge in [-0.05, 0) is 56.0 Å². The fourth-order valence-corrected chi connectivity index (χ4v) is 2.62. The summed E-state index contributed by atoms with van der Waals surface area (Å²) in [5.41, 5.74) is 3.21. The molecule has 1 aliphatic carbocycles. The van der Waals surface area contributed by atoms with Crippen LogP contribution in [0.5, 0.6) is 0 Å². The van der Waals surface area contributed by atoms with E-state index in [-0.39, 0.29) is 5.91 Å². The average Bonchev–Trinajstić information content (AvgIpc) is 3.21. The van der Waals surface area contributed by atoms with Crippen molar-refractivity contribution in [2.75, 3.05) is 11.9 Å². The van der Waals surface area contributed by atoms with Gasteiger partial charge in [0.15, 0.2) is 0 Å². The number of furan rings is 1. The lowest BCUT2D eigenvalue weighted by atomic mass is 10.1. The highest BCUT2D eigenvalue weighted by Crippen LogP contribution is 2.28. The van der Waals surface area contributed by atoms with Crippen LogP contribution in [0.3, 0.4) is 0 Å². The minimum Gasteiger partial charge on any atom is -0.468 e. The molecule has 0 atom stereocenters. The minimum atomic E-state index is 0.0344. The van der Waals surface area contributed by atoms with Gasteiger partial charge in [-0.3, -0.25) is 9.69 Å². The standard InChI is InChI=1S/C18H22N2O2/c1-13-5-3-7-17(14(13)2)19-18(21)12-20(15-8-9-15)11-16-6-4-10-22-16/h3-7,10,15H,8-9,11-12H2,1-2H3,(H,19,21). The van der Waals surface area contributed by atoms with Crippen LogP contribution >= 0.6 is 0 Å². The Morgan fingerprint density at radius 3 is 2.77 bits per heavy atom. The van der Waals surface area contributed by atoms with Crippen molar-refractivity contribution in [3.8, 4) is 0 Å². The summed E-state index contributed by atoms with van der Waals surface area (Å²) in [7, 11) is 0. The predicted molar refractivity (Wildman–Crippen MR) is 86.7 cm³/mol. The van der Waals surface area contributed by atoms with Gasteiger partial charge < -0.3 is 9.73 Å². The molecule has 2 aromatic rings. The molecule has 1 amide bonds. The SMILES string of the molecule is Cc1cccc(NC(=O)CN(Cc2ccco2)C2CC2)c1C. The van der Waals surface area contributed by atoms with Crippen LogP contribution in [-0.4, -0.2) is 23.4 Å². The monoisotopic (exact) mass is 298 g/mol. The summed E-state index contributed by atoms with van der Waals surface area (Å²) in [5.74, 6) is 0.943. The Balaban J connectivity index is 1.63. The zero-order valence-electron chi connectivity index (χ0n) is 13.1. The number of amides is 1. The molecular weight excluding hydrogens is 276 g/mol. The van der Waals surface area contributed by atoms with Crippen LogP contribution in [-0.2, 0) is 11.3 Å². The van der Waals surface area contributed by atoms with E-state index in [0.29, 0.717) is 19.1 Å². The van der Waals surface area contributed by atoms with E-state index in [1.807, 2.05) is 31.2 Å². The van der Waals surface area contributed by atoms with Crippen LogP contribution in [0.15, 0.2) is 41.0 Å². The maximum absolute atomic E-state index is 12.4. The van der Waals surface area contributed by atoms with E-state index in [2.05, 4.69) is 23.2 Å². The summed E-state index contributed by atoms with van der Waals surface area (Å²) in [5, 5.41) is 3.03. The highest BCUT2D eigenvalue weighted by atomic mass is 16.3. The average molecular weight is 298 g/mol. The van der Waals surface area contributed by atoms with Crippen LogP contribution in [0.1, 0.15) is 29.7 Å². The molecular formula is C18H22N2O2. The van der Waals surface area contributed by atoms with E-state index in [4.69, 9.17) is 4.42 Å². The highest BCUT2D eigenvalue weighted by Gasteiger charge is 2.30. The van der Waals surface area contributed by atoms with E-state index in [9.17, 15) is 4.79 Å². The fourth-order valence-electron chi connectivity index (χ4n) is 2.62. The van der Waals surface area contributed by atoms with E-state index in [0.717, 1.165) is 29.9 Å². The van der Waals surface area contributed by atoms with Crippen molar-refractivity contribution in [3.05, 3.63) is 53.5 Å². The van der Waals surface area contributed by atoms with Crippen LogP contribution in [0.4, 0.5) is 5.69 Å². The molecule has 1 aliphatic rings. The third-order valence-corrected chi connectivity index (χ3v) is 4.23. The number of anilines is 1. The number of aryl methyl sites for hydroxylation is 1. The number of hydrogen-bond acceptors (Lipinski definition) is 3. The van der Waals surface area contributed by atoms with E-state index >= 15 is 0 Å². The van der Waals surface area contributed by atoms with Gasteiger partial charge in [-0.25, -0.2) is 0 Å². The third-order valence-electron chi connectivity index (χ3n) is 4.23. The van der Waals surface area contributed by atoms with Crippen molar-refractivity contribution >= 4 is 11.6 Å². The van der Waals surface area contributed by atoms with E-state index < -0.39 is 0 Å². The van der Waals surface area contributed by atoms with E-state index in [1.54, 1.807) is 6.26 Å². The topological polar surface area (TPSA) is 45.5 Å². The second-order valence-corrected chi connectivity index (χ2v) is 6.01. The zero-order valence-corrected chi connectivity index (χ0v) is 13.1. The molecule has 1 aromatic heterocycles. The molecule has 0 aliphatic heterocycles. The first-order valence-electron chi connectivity index (χ1n) is 7.76. The Labute approximate surface area is 131 Å². The first-order chi connectivity index (χ1) is 10.6. The molecule has 3 rings (SSSR count). The number of nitrogens with one attached hydrogen (secondary N) is 1. The lowest BCUT2D eigenvalue weighted by Gasteiger charge is -2.20. The van der Waals surface area contributed by atoms with Crippen LogP contribution in [0, 0.1) is 13.8 Å². The molecule has 0 spiro atoms. The molecule has 0 bridgehead atoms. The van der Waals surface area contributed by atoms with Gasteiger partial charge in [0.2, 0.25) is 5.91 Å². The second kappa shape index (κ2) is 6.36. The van der Waals surface area contributed by atoms with Crippen molar-refractivity contribution in [2.45, 2.75) is 39.3 Å². The molecule has 1 heterocycles. The summed E-state index contributed by atoms with van der Waals surface area (Å²) >= 11 is 0. The smallest absolute Gasteiger partial charge is 0.238 e. The number of hydrogen-bond donors (Lipinski definition) is 1. The zero-order chi connectivity index (χ0) is 15.5. The molecule has 1 N–H and O–H groups in total. The maximum Gasteiger partial charge on any atom is 0.238 e. The molecule has 1 saturated carbocycles. The van der Waals surface area contributed by atoms with Gasteiger partial charge in [0.25, 0.3) is 0 Å². The van der Waals surface area contributed by atoms with Gasteiger partial charge in [-0.2, -0.15) is 0 Å². The molecule has 0 saturated heterocycles. The number of benzene rings is 1. The van der Waals surface area contributed by atoms with Crippen molar-refractivity contribution < 1.29 is 9.21 Å². The Morgan fingerprint density at radius 2 is 2.09 bits per heavy atom. The van der Waals surface area contributed by atoms with Gasteiger partial charge in [0.1, 0.15) is 5.76 Å². The maximum atomic E-state index is 12.4. The number of nitrogens with zero attached hydrogens (tertiary/aromatic N) is 1. The number of carbonyl (C=O) groups is 1.